The van der Waals surface area contributed by atoms with Gasteiger partial charge in [-0.1, -0.05) is 71.3 Å². The van der Waals surface area contributed by atoms with Crippen molar-refractivity contribution in [2.75, 3.05) is 6.54 Å². The molecule has 1 aromatic carbocycles. The molecule has 0 aliphatic rings. The summed E-state index contributed by atoms with van der Waals surface area (Å²) in [6, 6.07) is 6.13. The minimum atomic E-state index is -0.319. The molecule has 1 atom stereocenters. The molecule has 0 aromatic heterocycles. The Morgan fingerprint density at radius 1 is 1.33 bits per heavy atom. The Morgan fingerprint density at radius 2 is 2.04 bits per heavy atom. The molecule has 0 radical (unpaired) electrons. The maximum absolute atomic E-state index is 13.2. The molecule has 1 amide bonds. The third kappa shape index (κ3) is 8.55. The average Bonchev–Trinajstić information content (AvgIpc) is 2.61. The molecule has 1 N–H and O–H groups in total. The van der Waals surface area contributed by atoms with Gasteiger partial charge in [0.05, 0.1) is 0 Å². The Labute approximate surface area is 163 Å². The van der Waals surface area contributed by atoms with E-state index in [0.29, 0.717) is 23.3 Å². The van der Waals surface area contributed by atoms with Crippen molar-refractivity contribution < 1.29 is 9.18 Å². The van der Waals surface area contributed by atoms with Crippen molar-refractivity contribution in [3.8, 4) is 11.8 Å². The second-order valence-corrected chi connectivity index (χ2v) is 7.76. The van der Waals surface area contributed by atoms with Gasteiger partial charge in [0.1, 0.15) is 5.82 Å². The number of carbonyl (C=O) groups excluding carboxylic acids is 1. The van der Waals surface area contributed by atoms with Crippen molar-refractivity contribution in [3.05, 3.63) is 71.6 Å². The standard InChI is InChI=1S/C24H30FNO/c1-7-18(3)22(23(27)26-17-24(4,5)6)15-14-19(8-2)12-13-20-10-9-11-21(25)16-20/h8-11,14-16,18H,2,7,17H2,1,3-6H3,(H,26,27). The van der Waals surface area contributed by atoms with Crippen LogP contribution in [0, 0.1) is 29.0 Å². The number of hydrogen-bond acceptors (Lipinski definition) is 1. The van der Waals surface area contributed by atoms with Crippen LogP contribution < -0.4 is 5.32 Å². The summed E-state index contributed by atoms with van der Waals surface area (Å²) in [6.45, 7) is 14.7. The summed E-state index contributed by atoms with van der Waals surface area (Å²) in [5.74, 6) is 5.64. The predicted molar refractivity (Wildman–Crippen MR) is 112 cm³/mol. The van der Waals surface area contributed by atoms with Gasteiger partial charge in [0.25, 0.3) is 0 Å². The predicted octanol–water partition coefficient (Wildman–Crippen LogP) is 5.42. The number of halogens is 1. The van der Waals surface area contributed by atoms with Gasteiger partial charge in [0, 0.05) is 23.3 Å². The molecule has 0 saturated heterocycles. The fraction of sp³-hybridized carbons (Fsp3) is 0.375. The molecular weight excluding hydrogens is 337 g/mol. The first-order chi connectivity index (χ1) is 12.7. The Hall–Kier alpha value is -2.60. The van der Waals surface area contributed by atoms with Gasteiger partial charge in [0.15, 0.2) is 0 Å². The summed E-state index contributed by atoms with van der Waals surface area (Å²) in [5, 5.41) is 3.00. The van der Waals surface area contributed by atoms with Crippen LogP contribution in [0.25, 0.3) is 0 Å². The molecule has 144 valence electrons. The number of benzene rings is 1. The lowest BCUT2D eigenvalue weighted by atomic mass is 9.94. The highest BCUT2D eigenvalue weighted by Crippen LogP contribution is 2.17. The number of allylic oxidation sites excluding steroid dienone is 4. The molecule has 1 aromatic rings. The topological polar surface area (TPSA) is 29.1 Å². The minimum absolute atomic E-state index is 0.0226. The van der Waals surface area contributed by atoms with E-state index in [1.54, 1.807) is 24.3 Å². The van der Waals surface area contributed by atoms with E-state index >= 15 is 0 Å². The van der Waals surface area contributed by atoms with Crippen LogP contribution in [0.5, 0.6) is 0 Å². The second kappa shape index (κ2) is 10.5. The highest BCUT2D eigenvalue weighted by atomic mass is 19.1. The fourth-order valence-electron chi connectivity index (χ4n) is 2.18. The van der Waals surface area contributed by atoms with Gasteiger partial charge in [-0.25, -0.2) is 4.39 Å². The van der Waals surface area contributed by atoms with Crippen molar-refractivity contribution in [1.82, 2.24) is 5.32 Å². The number of rotatable bonds is 6. The van der Waals surface area contributed by atoms with Crippen LogP contribution in [0.15, 0.2) is 60.2 Å². The van der Waals surface area contributed by atoms with Gasteiger partial charge in [-0.2, -0.15) is 0 Å². The lowest BCUT2D eigenvalue weighted by Gasteiger charge is -2.21. The number of amides is 1. The van der Waals surface area contributed by atoms with Gasteiger partial charge in [-0.05, 0) is 42.0 Å². The van der Waals surface area contributed by atoms with E-state index in [2.05, 4.69) is 51.4 Å². The van der Waals surface area contributed by atoms with Crippen molar-refractivity contribution in [2.24, 2.45) is 11.3 Å². The van der Waals surface area contributed by atoms with Crippen LogP contribution in [-0.2, 0) is 4.79 Å². The molecule has 0 spiro atoms. The van der Waals surface area contributed by atoms with Crippen molar-refractivity contribution in [2.45, 2.75) is 41.0 Å². The van der Waals surface area contributed by atoms with Gasteiger partial charge in [0.2, 0.25) is 5.91 Å². The van der Waals surface area contributed by atoms with E-state index in [1.165, 1.54) is 12.1 Å². The first-order valence-corrected chi connectivity index (χ1v) is 9.26. The first-order valence-electron chi connectivity index (χ1n) is 9.26. The molecule has 0 aliphatic carbocycles. The van der Waals surface area contributed by atoms with Crippen LogP contribution in [0.2, 0.25) is 0 Å². The van der Waals surface area contributed by atoms with Crippen LogP contribution >= 0.6 is 0 Å². The van der Waals surface area contributed by atoms with Crippen LogP contribution in [0.3, 0.4) is 0 Å². The zero-order chi connectivity index (χ0) is 20.4. The Balaban J connectivity index is 3.06. The number of hydrogen-bond donors (Lipinski definition) is 1. The van der Waals surface area contributed by atoms with Gasteiger partial charge < -0.3 is 5.32 Å². The summed E-state index contributed by atoms with van der Waals surface area (Å²) >= 11 is 0. The Morgan fingerprint density at radius 3 is 2.59 bits per heavy atom. The Kier molecular flexibility index (Phi) is 8.75. The van der Waals surface area contributed by atoms with E-state index in [1.807, 2.05) is 13.0 Å². The monoisotopic (exact) mass is 367 g/mol. The molecule has 1 rings (SSSR count). The van der Waals surface area contributed by atoms with Crippen molar-refractivity contribution in [3.63, 3.8) is 0 Å². The van der Waals surface area contributed by atoms with Crippen LogP contribution in [0.4, 0.5) is 4.39 Å². The largest absolute Gasteiger partial charge is 0.352 e. The molecular formula is C24H30FNO. The minimum Gasteiger partial charge on any atom is -0.352 e. The van der Waals surface area contributed by atoms with E-state index < -0.39 is 0 Å². The summed E-state index contributed by atoms with van der Waals surface area (Å²) in [7, 11) is 0. The third-order valence-corrected chi connectivity index (χ3v) is 4.02. The second-order valence-electron chi connectivity index (χ2n) is 7.76. The van der Waals surface area contributed by atoms with Gasteiger partial charge in [-0.3, -0.25) is 4.79 Å². The average molecular weight is 368 g/mol. The zero-order valence-electron chi connectivity index (χ0n) is 17.0. The summed E-state index contributed by atoms with van der Waals surface area (Å²) in [4.78, 5) is 12.6. The third-order valence-electron chi connectivity index (χ3n) is 4.02. The quantitative estimate of drug-likeness (QED) is 0.406. The molecule has 27 heavy (non-hydrogen) atoms. The van der Waals surface area contributed by atoms with Crippen LogP contribution in [-0.4, -0.2) is 12.5 Å². The fourth-order valence-corrected chi connectivity index (χ4v) is 2.18. The number of carbonyl (C=O) groups is 1. The Bertz CT molecular complexity index is 785. The van der Waals surface area contributed by atoms with E-state index in [0.717, 1.165) is 6.42 Å². The maximum Gasteiger partial charge on any atom is 0.247 e. The lowest BCUT2D eigenvalue weighted by molar-refractivity contribution is -0.118. The molecule has 0 bridgehead atoms. The SMILES string of the molecule is C=CC(C#Cc1cccc(F)c1)=CC=C(C(=O)NCC(C)(C)C)C(C)CC. The van der Waals surface area contributed by atoms with E-state index in [-0.39, 0.29) is 23.1 Å². The highest BCUT2D eigenvalue weighted by molar-refractivity contribution is 5.94. The summed E-state index contributed by atoms with van der Waals surface area (Å²) in [6.07, 6.45) is 6.09. The summed E-state index contributed by atoms with van der Waals surface area (Å²) in [5.41, 5.74) is 2.00. The van der Waals surface area contributed by atoms with Crippen molar-refractivity contribution >= 4 is 5.91 Å². The first kappa shape index (κ1) is 22.4. The molecule has 1 unspecified atom stereocenters. The molecule has 0 saturated carbocycles. The molecule has 0 fully saturated rings. The van der Waals surface area contributed by atoms with Crippen molar-refractivity contribution in [1.29, 1.82) is 0 Å². The summed E-state index contributed by atoms with van der Waals surface area (Å²) < 4.78 is 13.2. The zero-order valence-corrected chi connectivity index (χ0v) is 17.0. The maximum atomic E-state index is 13.2. The van der Waals surface area contributed by atoms with Gasteiger partial charge >= 0.3 is 0 Å². The van der Waals surface area contributed by atoms with Gasteiger partial charge in [-0.15, -0.1) is 0 Å². The lowest BCUT2D eigenvalue weighted by Crippen LogP contribution is -2.34. The van der Waals surface area contributed by atoms with E-state index in [4.69, 9.17) is 0 Å². The van der Waals surface area contributed by atoms with Crippen LogP contribution in [0.1, 0.15) is 46.6 Å². The molecule has 0 aliphatic heterocycles. The molecule has 0 heterocycles. The van der Waals surface area contributed by atoms with E-state index in [9.17, 15) is 9.18 Å². The molecule has 2 nitrogen and oxygen atoms in total. The smallest absolute Gasteiger partial charge is 0.247 e. The highest BCUT2D eigenvalue weighted by Gasteiger charge is 2.17. The normalized spacial score (nSPS) is 13.4. The number of nitrogens with one attached hydrogen (secondary N) is 1. The molecule has 3 heteroatoms.